The molecule has 1 saturated heterocycles. The highest BCUT2D eigenvalue weighted by atomic mass is 35.5. The van der Waals surface area contributed by atoms with Crippen molar-refractivity contribution in [3.63, 3.8) is 0 Å². The second-order valence-electron chi connectivity index (χ2n) is 5.46. The number of likely N-dealkylation sites (tertiary alicyclic amines) is 1. The molecule has 1 aliphatic rings. The van der Waals surface area contributed by atoms with Crippen molar-refractivity contribution in [1.82, 2.24) is 15.2 Å². The summed E-state index contributed by atoms with van der Waals surface area (Å²) in [5.74, 6) is 0.583. The van der Waals surface area contributed by atoms with Gasteiger partial charge in [0.25, 0.3) is 5.91 Å². The van der Waals surface area contributed by atoms with Crippen LogP contribution in [0, 0.1) is 5.92 Å². The zero-order valence-corrected chi connectivity index (χ0v) is 12.7. The van der Waals surface area contributed by atoms with Gasteiger partial charge in [-0.25, -0.2) is 0 Å². The van der Waals surface area contributed by atoms with Crippen molar-refractivity contribution < 1.29 is 4.79 Å². The number of aromatic nitrogens is 1. The quantitative estimate of drug-likeness (QED) is 0.948. The van der Waals surface area contributed by atoms with E-state index >= 15 is 0 Å². The highest BCUT2D eigenvalue weighted by molar-refractivity contribution is 6.36. The van der Waals surface area contributed by atoms with Crippen molar-refractivity contribution in [2.24, 2.45) is 5.92 Å². The lowest BCUT2D eigenvalue weighted by Crippen LogP contribution is -2.30. The average Bonchev–Trinajstić information content (AvgIpc) is 2.96. The lowest BCUT2D eigenvalue weighted by molar-refractivity contribution is 0.0789. The Balaban J connectivity index is 1.91. The van der Waals surface area contributed by atoms with E-state index < -0.39 is 0 Å². The molecule has 3 rings (SSSR count). The van der Waals surface area contributed by atoms with Crippen LogP contribution >= 0.6 is 11.6 Å². The summed E-state index contributed by atoms with van der Waals surface area (Å²) in [4.78, 5) is 19.0. The van der Waals surface area contributed by atoms with Gasteiger partial charge in [0.1, 0.15) is 0 Å². The van der Waals surface area contributed by atoms with Crippen molar-refractivity contribution in [2.45, 2.75) is 6.42 Å². The fourth-order valence-corrected chi connectivity index (χ4v) is 3.17. The predicted octanol–water partition coefficient (Wildman–Crippen LogP) is 2.57. The third-order valence-electron chi connectivity index (χ3n) is 4.01. The van der Waals surface area contributed by atoms with Gasteiger partial charge in [0.05, 0.1) is 16.1 Å². The number of benzene rings is 1. The van der Waals surface area contributed by atoms with E-state index in [9.17, 15) is 4.79 Å². The Labute approximate surface area is 129 Å². The van der Waals surface area contributed by atoms with Gasteiger partial charge in [-0.1, -0.05) is 11.6 Å². The highest BCUT2D eigenvalue weighted by Gasteiger charge is 2.27. The minimum absolute atomic E-state index is 0.0500. The summed E-state index contributed by atoms with van der Waals surface area (Å²) in [5, 5.41) is 4.64. The number of pyridine rings is 1. The predicted molar refractivity (Wildman–Crippen MR) is 84.7 cm³/mol. The molecule has 1 aliphatic heterocycles. The number of carbonyl (C=O) groups is 1. The van der Waals surface area contributed by atoms with E-state index in [1.54, 1.807) is 18.3 Å². The third-order valence-corrected chi connectivity index (χ3v) is 4.34. The van der Waals surface area contributed by atoms with Gasteiger partial charge in [-0.2, -0.15) is 0 Å². The van der Waals surface area contributed by atoms with E-state index in [1.165, 1.54) is 0 Å². The smallest absolute Gasteiger partial charge is 0.256 e. The number of hydrogen-bond acceptors (Lipinski definition) is 3. The van der Waals surface area contributed by atoms with Gasteiger partial charge in [-0.15, -0.1) is 0 Å². The maximum atomic E-state index is 12.7. The van der Waals surface area contributed by atoms with Gasteiger partial charge in [0.15, 0.2) is 0 Å². The van der Waals surface area contributed by atoms with Crippen LogP contribution in [0.25, 0.3) is 10.9 Å². The normalized spacial score (nSPS) is 18.4. The van der Waals surface area contributed by atoms with Crippen LogP contribution in [-0.4, -0.2) is 42.5 Å². The van der Waals surface area contributed by atoms with Crippen LogP contribution in [0.1, 0.15) is 16.8 Å². The van der Waals surface area contributed by atoms with Crippen LogP contribution in [0.5, 0.6) is 0 Å². The van der Waals surface area contributed by atoms with E-state index in [0.717, 1.165) is 31.4 Å². The maximum absolute atomic E-state index is 12.7. The molecule has 1 fully saturated rings. The monoisotopic (exact) mass is 303 g/mol. The first-order valence-corrected chi connectivity index (χ1v) is 7.55. The summed E-state index contributed by atoms with van der Waals surface area (Å²) in [7, 11) is 1.95. The summed E-state index contributed by atoms with van der Waals surface area (Å²) in [5.41, 5.74) is 1.33. The van der Waals surface area contributed by atoms with E-state index in [1.807, 2.05) is 24.1 Å². The first-order valence-electron chi connectivity index (χ1n) is 7.18. The number of nitrogens with one attached hydrogen (secondary N) is 1. The molecular weight excluding hydrogens is 286 g/mol. The SMILES string of the molecule is CNC[C@@H]1CCN(C(=O)c2ccc(Cl)c3cccnc23)C1. The first kappa shape index (κ1) is 14.3. The molecule has 1 aromatic heterocycles. The molecule has 1 N–H and O–H groups in total. The molecule has 5 heteroatoms. The lowest BCUT2D eigenvalue weighted by atomic mass is 10.1. The van der Waals surface area contributed by atoms with Gasteiger partial charge in [-0.3, -0.25) is 9.78 Å². The molecule has 21 heavy (non-hydrogen) atoms. The van der Waals surface area contributed by atoms with E-state index in [2.05, 4.69) is 10.3 Å². The second kappa shape index (κ2) is 6.00. The van der Waals surface area contributed by atoms with Crippen LogP contribution in [0.3, 0.4) is 0 Å². The van der Waals surface area contributed by atoms with Crippen LogP contribution in [0.2, 0.25) is 5.02 Å². The summed E-state index contributed by atoms with van der Waals surface area (Å²) < 4.78 is 0. The van der Waals surface area contributed by atoms with Crippen LogP contribution < -0.4 is 5.32 Å². The van der Waals surface area contributed by atoms with E-state index in [4.69, 9.17) is 11.6 Å². The van der Waals surface area contributed by atoms with E-state index in [-0.39, 0.29) is 5.91 Å². The number of rotatable bonds is 3. The van der Waals surface area contributed by atoms with Gasteiger partial charge < -0.3 is 10.2 Å². The number of amides is 1. The largest absolute Gasteiger partial charge is 0.338 e. The maximum Gasteiger partial charge on any atom is 0.256 e. The summed E-state index contributed by atoms with van der Waals surface area (Å²) in [6, 6.07) is 7.29. The van der Waals surface area contributed by atoms with Crippen molar-refractivity contribution in [1.29, 1.82) is 0 Å². The standard InChI is InChI=1S/C16H18ClN3O/c1-18-9-11-6-8-20(10-11)16(21)13-4-5-14(17)12-3-2-7-19-15(12)13/h2-5,7,11,18H,6,8-10H2,1H3/t11-/m0/s1. The van der Waals surface area contributed by atoms with Gasteiger partial charge in [-0.05, 0) is 50.2 Å². The molecule has 0 aliphatic carbocycles. The van der Waals surface area contributed by atoms with E-state index in [0.29, 0.717) is 22.0 Å². The molecule has 0 unspecified atom stereocenters. The Kier molecular flexibility index (Phi) is 4.08. The number of nitrogens with zero attached hydrogens (tertiary/aromatic N) is 2. The number of carbonyl (C=O) groups excluding carboxylic acids is 1. The Morgan fingerprint density at radius 1 is 1.48 bits per heavy atom. The second-order valence-corrected chi connectivity index (χ2v) is 5.87. The molecule has 110 valence electrons. The molecule has 2 aromatic rings. The van der Waals surface area contributed by atoms with Crippen LogP contribution in [0.15, 0.2) is 30.5 Å². The van der Waals surface area contributed by atoms with Gasteiger partial charge >= 0.3 is 0 Å². The molecule has 0 spiro atoms. The van der Waals surface area contributed by atoms with Gasteiger partial charge in [0, 0.05) is 24.7 Å². The Hall–Kier alpha value is -1.65. The van der Waals surface area contributed by atoms with Crippen molar-refractivity contribution in [3.8, 4) is 0 Å². The molecule has 0 bridgehead atoms. The average molecular weight is 304 g/mol. The van der Waals surface area contributed by atoms with Crippen molar-refractivity contribution in [2.75, 3.05) is 26.7 Å². The summed E-state index contributed by atoms with van der Waals surface area (Å²) in [6.07, 6.45) is 2.74. The molecule has 1 atom stereocenters. The topological polar surface area (TPSA) is 45.2 Å². The molecular formula is C16H18ClN3O. The lowest BCUT2D eigenvalue weighted by Gasteiger charge is -2.17. The van der Waals surface area contributed by atoms with Crippen molar-refractivity contribution >= 4 is 28.4 Å². The third kappa shape index (κ3) is 2.74. The van der Waals surface area contributed by atoms with Crippen LogP contribution in [-0.2, 0) is 0 Å². The molecule has 0 radical (unpaired) electrons. The molecule has 2 heterocycles. The Morgan fingerprint density at radius 3 is 3.14 bits per heavy atom. The fraction of sp³-hybridized carbons (Fsp3) is 0.375. The first-order chi connectivity index (χ1) is 10.2. The molecule has 0 saturated carbocycles. The minimum Gasteiger partial charge on any atom is -0.338 e. The Morgan fingerprint density at radius 2 is 2.33 bits per heavy atom. The minimum atomic E-state index is 0.0500. The van der Waals surface area contributed by atoms with Crippen molar-refractivity contribution in [3.05, 3.63) is 41.0 Å². The molecule has 4 nitrogen and oxygen atoms in total. The van der Waals surface area contributed by atoms with Crippen LogP contribution in [0.4, 0.5) is 0 Å². The summed E-state index contributed by atoms with van der Waals surface area (Å²) in [6.45, 7) is 2.56. The number of halogens is 1. The molecule has 1 amide bonds. The van der Waals surface area contributed by atoms with Gasteiger partial charge in [0.2, 0.25) is 0 Å². The fourth-order valence-electron chi connectivity index (χ4n) is 2.95. The zero-order chi connectivity index (χ0) is 14.8. The molecule has 1 aromatic carbocycles. The number of fused-ring (bicyclic) bond motifs is 1. The Bertz CT molecular complexity index is 674. The number of hydrogen-bond donors (Lipinski definition) is 1. The zero-order valence-electron chi connectivity index (χ0n) is 12.0. The summed E-state index contributed by atoms with van der Waals surface area (Å²) >= 11 is 6.18. The highest BCUT2D eigenvalue weighted by Crippen LogP contribution is 2.27.